The summed E-state index contributed by atoms with van der Waals surface area (Å²) in [4.78, 5) is 68.3. The minimum atomic E-state index is -1.31. The number of hydrogen-bond acceptors (Lipinski definition) is 7. The number of nitrogens with two attached hydrogens (primary N) is 3. The third-order valence-electron chi connectivity index (χ3n) is 5.07. The third kappa shape index (κ3) is 11.0. The van der Waals surface area contributed by atoms with Gasteiger partial charge in [0.1, 0.15) is 18.1 Å². The molecule has 0 saturated carbocycles. The van der Waals surface area contributed by atoms with Crippen molar-refractivity contribution in [2.24, 2.45) is 29.0 Å². The van der Waals surface area contributed by atoms with E-state index in [9.17, 15) is 24.0 Å². The number of hydrogen-bond donors (Lipinski definition) is 7. The molecule has 0 aromatic carbocycles. The lowest BCUT2D eigenvalue weighted by molar-refractivity contribution is -0.134. The van der Waals surface area contributed by atoms with Crippen LogP contribution in [0.4, 0.5) is 0 Å². The second-order valence-corrected chi connectivity index (χ2v) is 9.39. The molecule has 0 aliphatic carbocycles. The van der Waals surface area contributed by atoms with Gasteiger partial charge in [-0.25, -0.2) is 4.98 Å². The van der Waals surface area contributed by atoms with Crippen molar-refractivity contribution in [3.63, 3.8) is 0 Å². The summed E-state index contributed by atoms with van der Waals surface area (Å²) in [6, 6.07) is -4.23. The van der Waals surface area contributed by atoms with Crippen LogP contribution in [0.25, 0.3) is 0 Å². The topological polar surface area (TPSA) is 228 Å². The van der Waals surface area contributed by atoms with E-state index >= 15 is 0 Å². The normalized spacial score (nSPS) is 14.6. The van der Waals surface area contributed by atoms with Gasteiger partial charge in [0, 0.05) is 12.6 Å². The Bertz CT molecular complexity index is 871. The molecule has 0 fully saturated rings. The van der Waals surface area contributed by atoms with E-state index in [0.717, 1.165) is 0 Å². The van der Waals surface area contributed by atoms with E-state index in [1.54, 1.807) is 6.20 Å². The summed E-state index contributed by atoms with van der Waals surface area (Å²) in [6.45, 7) is 7.47. The predicted molar refractivity (Wildman–Crippen MR) is 128 cm³/mol. The fourth-order valence-electron chi connectivity index (χ4n) is 3.37. The number of H-pyrrole nitrogens is 1. The van der Waals surface area contributed by atoms with Crippen molar-refractivity contribution >= 4 is 29.5 Å². The predicted octanol–water partition coefficient (Wildman–Crippen LogP) is -1.81. The minimum Gasteiger partial charge on any atom is -0.370 e. The van der Waals surface area contributed by atoms with E-state index in [0.29, 0.717) is 12.1 Å². The molecule has 5 amide bonds. The first-order valence-electron chi connectivity index (χ1n) is 11.5. The minimum absolute atomic E-state index is 0.00497. The zero-order valence-corrected chi connectivity index (χ0v) is 20.7. The number of carbonyl (C=O) groups excluding carboxylic acids is 5. The van der Waals surface area contributed by atoms with Crippen LogP contribution in [0.15, 0.2) is 12.5 Å². The highest BCUT2D eigenvalue weighted by atomic mass is 16.2. The van der Waals surface area contributed by atoms with Gasteiger partial charge in [0.25, 0.3) is 0 Å². The Balaban J connectivity index is 2.95. The van der Waals surface area contributed by atoms with E-state index < -0.39 is 60.1 Å². The molecule has 0 radical (unpaired) electrons. The largest absolute Gasteiger partial charge is 0.370 e. The Kier molecular flexibility index (Phi) is 11.9. The van der Waals surface area contributed by atoms with E-state index in [4.69, 9.17) is 17.2 Å². The van der Waals surface area contributed by atoms with Crippen LogP contribution in [0.2, 0.25) is 0 Å². The first-order chi connectivity index (χ1) is 16.3. The van der Waals surface area contributed by atoms with Crippen LogP contribution in [0.3, 0.4) is 0 Å². The van der Waals surface area contributed by atoms with Gasteiger partial charge in [-0.3, -0.25) is 24.0 Å². The molecule has 1 aromatic heterocycles. The Morgan fingerprint density at radius 2 is 1.34 bits per heavy atom. The lowest BCUT2D eigenvalue weighted by atomic mass is 9.99. The average molecular weight is 495 g/mol. The average Bonchev–Trinajstić information content (AvgIpc) is 3.23. The van der Waals surface area contributed by atoms with E-state index in [2.05, 4.69) is 25.9 Å². The molecular formula is C22H38N8O5. The van der Waals surface area contributed by atoms with Crippen LogP contribution in [0.5, 0.6) is 0 Å². The quantitative estimate of drug-likeness (QED) is 0.147. The van der Waals surface area contributed by atoms with Gasteiger partial charge in [0.15, 0.2) is 0 Å². The maximum Gasteiger partial charge on any atom is 0.243 e. The highest BCUT2D eigenvalue weighted by molar-refractivity contribution is 5.95. The van der Waals surface area contributed by atoms with Crippen LogP contribution in [0, 0.1) is 11.8 Å². The summed E-state index contributed by atoms with van der Waals surface area (Å²) < 4.78 is 0. The van der Waals surface area contributed by atoms with Gasteiger partial charge in [0.05, 0.1) is 24.5 Å². The van der Waals surface area contributed by atoms with Gasteiger partial charge in [-0.15, -0.1) is 0 Å². The number of imidazole rings is 1. The van der Waals surface area contributed by atoms with E-state index in [-0.39, 0.29) is 24.7 Å². The molecule has 0 spiro atoms. The second-order valence-electron chi connectivity index (χ2n) is 9.39. The molecule has 0 aliphatic rings. The number of nitrogens with zero attached hydrogens (tertiary/aromatic N) is 1. The molecule has 1 aromatic rings. The lowest BCUT2D eigenvalue weighted by Gasteiger charge is -2.26. The van der Waals surface area contributed by atoms with Crippen molar-refractivity contribution in [3.8, 4) is 0 Å². The van der Waals surface area contributed by atoms with Crippen LogP contribution in [-0.4, -0.2) is 63.7 Å². The third-order valence-corrected chi connectivity index (χ3v) is 5.07. The Morgan fingerprint density at radius 1 is 0.857 bits per heavy atom. The summed E-state index contributed by atoms with van der Waals surface area (Å²) in [5.74, 6) is -3.51. The van der Waals surface area contributed by atoms with Gasteiger partial charge in [-0.2, -0.15) is 0 Å². The Morgan fingerprint density at radius 3 is 1.74 bits per heavy atom. The smallest absolute Gasteiger partial charge is 0.243 e. The molecular weight excluding hydrogens is 456 g/mol. The monoisotopic (exact) mass is 494 g/mol. The SMILES string of the molecule is CC(C)C[C@H](NC(=O)[C@H](CC(C)C)NC(=O)[C@@H](N)Cc1c[nH]cn1)C(=O)N[C@@H](CC(N)=O)C(N)=O. The Hall–Kier alpha value is -3.48. The molecule has 35 heavy (non-hydrogen) atoms. The van der Waals surface area contributed by atoms with Gasteiger partial charge < -0.3 is 38.1 Å². The molecule has 0 saturated heterocycles. The van der Waals surface area contributed by atoms with Gasteiger partial charge in [-0.05, 0) is 24.7 Å². The molecule has 13 heteroatoms. The maximum atomic E-state index is 13.1. The highest BCUT2D eigenvalue weighted by Crippen LogP contribution is 2.10. The highest BCUT2D eigenvalue weighted by Gasteiger charge is 2.31. The molecule has 1 heterocycles. The standard InChI is InChI=1S/C22H38N8O5/c1-11(2)5-16(29-20(33)14(23)7-13-9-26-10-27-13)22(35)30-17(6-12(3)4)21(34)28-15(19(25)32)8-18(24)31/h9-12,14-17H,5-8,23H2,1-4H3,(H2,24,31)(H2,25,32)(H,26,27)(H,28,34)(H,29,33)(H,30,35)/t14-,15-,16-,17-/m0/s1. The number of rotatable bonds is 15. The molecule has 0 unspecified atom stereocenters. The van der Waals surface area contributed by atoms with Crippen molar-refractivity contribution in [3.05, 3.63) is 18.2 Å². The number of aromatic amines is 1. The first-order valence-corrected chi connectivity index (χ1v) is 11.5. The van der Waals surface area contributed by atoms with Crippen molar-refractivity contribution < 1.29 is 24.0 Å². The summed E-state index contributed by atoms with van der Waals surface area (Å²) in [6.07, 6.45) is 3.34. The molecule has 4 atom stereocenters. The first kappa shape index (κ1) is 29.6. The molecule has 0 bridgehead atoms. The van der Waals surface area contributed by atoms with Crippen molar-refractivity contribution in [1.82, 2.24) is 25.9 Å². The van der Waals surface area contributed by atoms with Crippen LogP contribution < -0.4 is 33.2 Å². The van der Waals surface area contributed by atoms with Crippen molar-refractivity contribution in [1.29, 1.82) is 0 Å². The number of nitrogens with one attached hydrogen (secondary N) is 4. The van der Waals surface area contributed by atoms with E-state index in [1.165, 1.54) is 6.33 Å². The van der Waals surface area contributed by atoms with Crippen molar-refractivity contribution in [2.45, 2.75) is 77.5 Å². The maximum absolute atomic E-state index is 13.1. The second kappa shape index (κ2) is 14.0. The molecule has 196 valence electrons. The van der Waals surface area contributed by atoms with E-state index in [1.807, 2.05) is 27.7 Å². The zero-order chi connectivity index (χ0) is 26.7. The van der Waals surface area contributed by atoms with Crippen LogP contribution in [-0.2, 0) is 30.4 Å². The molecule has 10 N–H and O–H groups in total. The lowest BCUT2D eigenvalue weighted by Crippen LogP contribution is -2.58. The van der Waals surface area contributed by atoms with Crippen LogP contribution >= 0.6 is 0 Å². The summed E-state index contributed by atoms with van der Waals surface area (Å²) in [7, 11) is 0. The summed E-state index contributed by atoms with van der Waals surface area (Å²) in [5.41, 5.74) is 17.0. The number of amides is 5. The fourth-order valence-corrected chi connectivity index (χ4v) is 3.37. The number of primary amides is 2. The van der Waals surface area contributed by atoms with Gasteiger partial charge in [-0.1, -0.05) is 27.7 Å². The molecule has 1 rings (SSSR count). The fraction of sp³-hybridized carbons (Fsp3) is 0.636. The van der Waals surface area contributed by atoms with Gasteiger partial charge >= 0.3 is 0 Å². The van der Waals surface area contributed by atoms with Gasteiger partial charge in [0.2, 0.25) is 29.5 Å². The zero-order valence-electron chi connectivity index (χ0n) is 20.7. The summed E-state index contributed by atoms with van der Waals surface area (Å²) >= 11 is 0. The van der Waals surface area contributed by atoms with Crippen LogP contribution in [0.1, 0.15) is 52.7 Å². The van der Waals surface area contributed by atoms with Crippen molar-refractivity contribution in [2.75, 3.05) is 0 Å². The summed E-state index contributed by atoms with van der Waals surface area (Å²) in [5, 5.41) is 7.69. The number of aromatic nitrogens is 2. The number of carbonyl (C=O) groups is 5. The Labute approximate surface area is 204 Å². The molecule has 13 nitrogen and oxygen atoms in total. The molecule has 0 aliphatic heterocycles.